The van der Waals surface area contributed by atoms with Crippen LogP contribution in [0, 0.1) is 12.3 Å². The summed E-state index contributed by atoms with van der Waals surface area (Å²) in [5, 5.41) is 7.80. The SMILES string of the molecule is COc1cc(Oc2nc(Oc3ccc(C(F)(F)F)cc3)nc3c2nc(C)n3Cc2ccccc2)cc(C(=N)N)c1. The second-order valence-corrected chi connectivity index (χ2v) is 8.75. The van der Waals surface area contributed by atoms with Crippen LogP contribution in [0.15, 0.2) is 72.8 Å². The van der Waals surface area contributed by atoms with E-state index in [0.717, 1.165) is 17.7 Å². The van der Waals surface area contributed by atoms with Crippen LogP contribution in [0.1, 0.15) is 22.5 Å². The molecule has 0 atom stereocenters. The van der Waals surface area contributed by atoms with Gasteiger partial charge in [0.15, 0.2) is 11.2 Å². The number of nitrogens with zero attached hydrogens (tertiary/aromatic N) is 4. The van der Waals surface area contributed by atoms with Gasteiger partial charge in [0.1, 0.15) is 28.9 Å². The highest BCUT2D eigenvalue weighted by Gasteiger charge is 2.30. The third kappa shape index (κ3) is 5.65. The van der Waals surface area contributed by atoms with E-state index >= 15 is 0 Å². The molecule has 0 radical (unpaired) electrons. The highest BCUT2D eigenvalue weighted by molar-refractivity contribution is 5.95. The number of rotatable bonds is 8. The first-order valence-electron chi connectivity index (χ1n) is 12.0. The molecule has 204 valence electrons. The number of nitrogens with two attached hydrogens (primary N) is 1. The Morgan fingerprint density at radius 2 is 1.60 bits per heavy atom. The fraction of sp³-hybridized carbons (Fsp3) is 0.143. The van der Waals surface area contributed by atoms with Gasteiger partial charge >= 0.3 is 12.2 Å². The Labute approximate surface area is 226 Å². The summed E-state index contributed by atoms with van der Waals surface area (Å²) in [4.78, 5) is 13.5. The number of nitrogens with one attached hydrogen (secondary N) is 1. The number of aryl methyl sites for hydroxylation is 1. The van der Waals surface area contributed by atoms with Crippen LogP contribution in [0.5, 0.6) is 29.1 Å². The lowest BCUT2D eigenvalue weighted by atomic mass is 10.2. The molecule has 2 aromatic heterocycles. The normalized spacial score (nSPS) is 11.4. The zero-order valence-electron chi connectivity index (χ0n) is 21.4. The number of aromatic nitrogens is 4. The largest absolute Gasteiger partial charge is 0.497 e. The number of methoxy groups -OCH3 is 1. The van der Waals surface area contributed by atoms with Gasteiger partial charge in [-0.1, -0.05) is 30.3 Å². The van der Waals surface area contributed by atoms with E-state index in [0.29, 0.717) is 34.8 Å². The van der Waals surface area contributed by atoms with Crippen molar-refractivity contribution in [2.24, 2.45) is 5.73 Å². The molecule has 0 unspecified atom stereocenters. The third-order valence-electron chi connectivity index (χ3n) is 5.95. The highest BCUT2D eigenvalue weighted by Crippen LogP contribution is 2.34. The van der Waals surface area contributed by atoms with Crippen molar-refractivity contribution in [2.45, 2.75) is 19.6 Å². The standard InChI is InChI=1S/C28H23F3N6O3/c1-16-34-23-25(37(16)15-17-6-4-3-5-7-17)35-27(40-20-10-8-19(9-11-20)28(29,30)31)36-26(23)39-22-13-18(24(32)33)12-21(14-22)38-2/h3-14H,15H2,1-2H3,(H3,32,33). The van der Waals surface area contributed by atoms with E-state index in [1.165, 1.54) is 19.2 Å². The first kappa shape index (κ1) is 26.5. The van der Waals surface area contributed by atoms with Crippen LogP contribution in [0.25, 0.3) is 11.2 Å². The Kier molecular flexibility index (Phi) is 6.99. The Bertz CT molecular complexity index is 1690. The van der Waals surface area contributed by atoms with Crippen molar-refractivity contribution in [1.29, 1.82) is 5.41 Å². The number of imidazole rings is 1. The second-order valence-electron chi connectivity index (χ2n) is 8.75. The number of fused-ring (bicyclic) bond motifs is 1. The van der Waals surface area contributed by atoms with Crippen molar-refractivity contribution in [3.8, 4) is 29.1 Å². The van der Waals surface area contributed by atoms with E-state index in [9.17, 15) is 13.2 Å². The van der Waals surface area contributed by atoms with Crippen molar-refractivity contribution in [3.05, 3.63) is 95.3 Å². The Morgan fingerprint density at radius 1 is 0.900 bits per heavy atom. The molecule has 0 fully saturated rings. The smallest absolute Gasteiger partial charge is 0.416 e. The molecule has 0 aliphatic heterocycles. The minimum Gasteiger partial charge on any atom is -0.497 e. The summed E-state index contributed by atoms with van der Waals surface area (Å²) in [6.07, 6.45) is -4.48. The summed E-state index contributed by atoms with van der Waals surface area (Å²) in [5.74, 6) is 1.24. The number of ether oxygens (including phenoxy) is 3. The fourth-order valence-electron chi connectivity index (χ4n) is 3.97. The molecule has 12 heteroatoms. The van der Waals surface area contributed by atoms with E-state index in [1.807, 2.05) is 41.8 Å². The van der Waals surface area contributed by atoms with Gasteiger partial charge in [-0.25, -0.2) is 4.98 Å². The van der Waals surface area contributed by atoms with Gasteiger partial charge in [0.2, 0.25) is 0 Å². The molecule has 0 saturated heterocycles. The average molecular weight is 549 g/mol. The minimum absolute atomic E-state index is 0.0320. The zero-order valence-corrected chi connectivity index (χ0v) is 21.4. The summed E-state index contributed by atoms with van der Waals surface area (Å²) >= 11 is 0. The van der Waals surface area contributed by atoms with E-state index in [4.69, 9.17) is 25.4 Å². The summed E-state index contributed by atoms with van der Waals surface area (Å²) in [7, 11) is 1.47. The van der Waals surface area contributed by atoms with Gasteiger partial charge in [-0.15, -0.1) is 0 Å². The minimum atomic E-state index is -4.48. The average Bonchev–Trinajstić information content (AvgIpc) is 3.24. The number of hydrogen-bond acceptors (Lipinski definition) is 7. The first-order chi connectivity index (χ1) is 19.1. The zero-order chi connectivity index (χ0) is 28.4. The first-order valence-corrected chi connectivity index (χ1v) is 12.0. The third-order valence-corrected chi connectivity index (χ3v) is 5.95. The molecular weight excluding hydrogens is 525 g/mol. The summed E-state index contributed by atoms with van der Waals surface area (Å²) in [6, 6.07) is 18.4. The lowest BCUT2D eigenvalue weighted by Gasteiger charge is -2.12. The number of amidine groups is 1. The molecule has 3 aromatic carbocycles. The van der Waals surface area contributed by atoms with Crippen molar-refractivity contribution in [3.63, 3.8) is 0 Å². The molecule has 0 amide bonds. The number of nitrogen functional groups attached to an aromatic ring is 1. The molecule has 2 heterocycles. The molecule has 0 bridgehead atoms. The van der Waals surface area contributed by atoms with Crippen LogP contribution >= 0.6 is 0 Å². The molecular formula is C28H23F3N6O3. The molecule has 0 aliphatic rings. The van der Waals surface area contributed by atoms with Crippen molar-refractivity contribution in [2.75, 3.05) is 7.11 Å². The topological polar surface area (TPSA) is 121 Å². The highest BCUT2D eigenvalue weighted by atomic mass is 19.4. The molecule has 0 spiro atoms. The molecule has 0 saturated carbocycles. The van der Waals surface area contributed by atoms with Crippen LogP contribution in [0.4, 0.5) is 13.2 Å². The van der Waals surface area contributed by atoms with Crippen molar-refractivity contribution in [1.82, 2.24) is 19.5 Å². The fourth-order valence-corrected chi connectivity index (χ4v) is 3.97. The number of halogens is 3. The molecule has 5 aromatic rings. The number of alkyl halides is 3. The number of hydrogen-bond donors (Lipinski definition) is 2. The monoisotopic (exact) mass is 548 g/mol. The molecule has 3 N–H and O–H groups in total. The van der Waals surface area contributed by atoms with E-state index in [2.05, 4.69) is 15.0 Å². The molecule has 9 nitrogen and oxygen atoms in total. The lowest BCUT2D eigenvalue weighted by Crippen LogP contribution is -2.11. The van der Waals surface area contributed by atoms with E-state index < -0.39 is 11.7 Å². The van der Waals surface area contributed by atoms with Gasteiger partial charge in [-0.05, 0) is 48.9 Å². The number of benzene rings is 3. The van der Waals surface area contributed by atoms with Gasteiger partial charge in [-0.2, -0.15) is 23.1 Å². The Balaban J connectivity index is 1.60. The van der Waals surface area contributed by atoms with Crippen LogP contribution in [0.2, 0.25) is 0 Å². The van der Waals surface area contributed by atoms with Crippen LogP contribution in [0.3, 0.4) is 0 Å². The van der Waals surface area contributed by atoms with Crippen molar-refractivity contribution < 1.29 is 27.4 Å². The van der Waals surface area contributed by atoms with Gasteiger partial charge in [0.25, 0.3) is 5.88 Å². The van der Waals surface area contributed by atoms with E-state index in [-0.39, 0.29) is 29.2 Å². The quantitative estimate of drug-likeness (QED) is 0.178. The van der Waals surface area contributed by atoms with Crippen molar-refractivity contribution >= 4 is 17.0 Å². The predicted octanol–water partition coefficient (Wildman–Crippen LogP) is 6.08. The summed E-state index contributed by atoms with van der Waals surface area (Å²) in [5.41, 5.74) is 6.95. The Hall–Kier alpha value is -5.13. The maximum Gasteiger partial charge on any atom is 0.416 e. The lowest BCUT2D eigenvalue weighted by molar-refractivity contribution is -0.137. The van der Waals surface area contributed by atoms with Gasteiger partial charge < -0.3 is 24.5 Å². The van der Waals surface area contributed by atoms with E-state index in [1.54, 1.807) is 18.2 Å². The van der Waals surface area contributed by atoms with Gasteiger partial charge in [0, 0.05) is 11.6 Å². The maximum atomic E-state index is 13.0. The molecule has 5 rings (SSSR count). The molecule has 0 aliphatic carbocycles. The van der Waals surface area contributed by atoms with Gasteiger partial charge in [0.05, 0.1) is 19.2 Å². The predicted molar refractivity (Wildman–Crippen MR) is 141 cm³/mol. The Morgan fingerprint density at radius 3 is 2.25 bits per heavy atom. The summed E-state index contributed by atoms with van der Waals surface area (Å²) < 4.78 is 58.1. The molecule has 40 heavy (non-hydrogen) atoms. The van der Waals surface area contributed by atoms with Crippen LogP contribution in [-0.2, 0) is 12.7 Å². The van der Waals surface area contributed by atoms with Gasteiger partial charge in [-0.3, -0.25) is 5.41 Å². The maximum absolute atomic E-state index is 13.0. The second kappa shape index (κ2) is 10.6. The summed E-state index contributed by atoms with van der Waals surface area (Å²) in [6.45, 7) is 2.25. The van der Waals surface area contributed by atoms with Crippen LogP contribution < -0.4 is 19.9 Å². The van der Waals surface area contributed by atoms with Crippen LogP contribution in [-0.4, -0.2) is 32.5 Å².